The maximum atomic E-state index is 8.61. The van der Waals surface area contributed by atoms with Crippen LogP contribution in [-0.4, -0.2) is 18.8 Å². The molecule has 0 aromatic heterocycles. The fraction of sp³-hybridized carbons (Fsp3) is 0.364. The smallest absolute Gasteiger partial charge is 0.152 e. The van der Waals surface area contributed by atoms with Crippen LogP contribution in [0.3, 0.4) is 0 Å². The first-order valence-electron chi connectivity index (χ1n) is 4.49. The molecule has 72 valence electrons. The molecule has 0 amide bonds. The van der Waals surface area contributed by atoms with Crippen LogP contribution in [0, 0.1) is 11.3 Å². The predicted molar refractivity (Wildman–Crippen MR) is 51.0 cm³/mol. The largest absolute Gasteiger partial charge is 0.483 e. The lowest BCUT2D eigenvalue weighted by atomic mass is 10.1. The summed E-state index contributed by atoms with van der Waals surface area (Å²) in [7, 11) is 0. The van der Waals surface area contributed by atoms with Crippen LogP contribution in [0.1, 0.15) is 12.5 Å². The number of benzene rings is 1. The van der Waals surface area contributed by atoms with Crippen molar-refractivity contribution in [3.63, 3.8) is 0 Å². The molecule has 0 radical (unpaired) electrons. The quantitative estimate of drug-likeness (QED) is 0.711. The zero-order valence-corrected chi connectivity index (χ0v) is 7.99. The van der Waals surface area contributed by atoms with Crippen LogP contribution >= 0.6 is 0 Å². The molecule has 1 aromatic carbocycles. The van der Waals surface area contributed by atoms with E-state index in [-0.39, 0.29) is 5.60 Å². The summed E-state index contributed by atoms with van der Waals surface area (Å²) in [6, 6.07) is 9.18. The second-order valence-corrected chi connectivity index (χ2v) is 3.68. The van der Waals surface area contributed by atoms with Crippen molar-refractivity contribution in [1.29, 1.82) is 5.26 Å². The second-order valence-electron chi connectivity index (χ2n) is 3.68. The summed E-state index contributed by atoms with van der Waals surface area (Å²) in [6.07, 6.45) is 0. The lowest BCUT2D eigenvalue weighted by Gasteiger charge is -2.38. The molecular formula is C11H11NO2. The lowest BCUT2D eigenvalue weighted by Crippen LogP contribution is -2.51. The summed E-state index contributed by atoms with van der Waals surface area (Å²) in [5.41, 5.74) is 0.459. The van der Waals surface area contributed by atoms with E-state index in [1.54, 1.807) is 12.1 Å². The van der Waals surface area contributed by atoms with Gasteiger partial charge in [-0.05, 0) is 31.2 Å². The molecule has 1 aliphatic rings. The first-order valence-corrected chi connectivity index (χ1v) is 4.49. The standard InChI is InChI=1S/C11H11NO2/c1-11(7-13-8-11)14-10-4-2-9(6-12)3-5-10/h2-5H,7-8H2,1H3. The van der Waals surface area contributed by atoms with Crippen LogP contribution in [0.15, 0.2) is 24.3 Å². The Bertz CT molecular complexity index is 360. The number of rotatable bonds is 2. The van der Waals surface area contributed by atoms with Crippen molar-refractivity contribution in [2.24, 2.45) is 0 Å². The summed E-state index contributed by atoms with van der Waals surface area (Å²) in [4.78, 5) is 0. The van der Waals surface area contributed by atoms with Gasteiger partial charge >= 0.3 is 0 Å². The number of nitrogens with zero attached hydrogens (tertiary/aromatic N) is 1. The molecule has 1 fully saturated rings. The first-order chi connectivity index (χ1) is 6.72. The van der Waals surface area contributed by atoms with E-state index in [0.29, 0.717) is 18.8 Å². The Morgan fingerprint density at radius 1 is 1.36 bits per heavy atom. The van der Waals surface area contributed by atoms with Crippen LogP contribution in [0.25, 0.3) is 0 Å². The molecule has 14 heavy (non-hydrogen) atoms. The Balaban J connectivity index is 2.07. The third-order valence-corrected chi connectivity index (χ3v) is 2.16. The van der Waals surface area contributed by atoms with Crippen molar-refractivity contribution in [3.05, 3.63) is 29.8 Å². The van der Waals surface area contributed by atoms with Crippen LogP contribution in [0.5, 0.6) is 5.75 Å². The molecule has 0 bridgehead atoms. The van der Waals surface area contributed by atoms with Gasteiger partial charge in [0.15, 0.2) is 5.60 Å². The van der Waals surface area contributed by atoms with E-state index in [1.165, 1.54) is 0 Å². The van der Waals surface area contributed by atoms with Gasteiger partial charge in [0.25, 0.3) is 0 Å². The monoisotopic (exact) mass is 189 g/mol. The molecule has 1 aromatic rings. The molecule has 0 N–H and O–H groups in total. The summed E-state index contributed by atoms with van der Waals surface area (Å²) in [5.74, 6) is 0.787. The third-order valence-electron chi connectivity index (χ3n) is 2.16. The summed E-state index contributed by atoms with van der Waals surface area (Å²) < 4.78 is 10.8. The van der Waals surface area contributed by atoms with E-state index in [4.69, 9.17) is 14.7 Å². The van der Waals surface area contributed by atoms with Gasteiger partial charge in [0, 0.05) is 0 Å². The normalized spacial score (nSPS) is 18.0. The van der Waals surface area contributed by atoms with E-state index in [9.17, 15) is 0 Å². The van der Waals surface area contributed by atoms with Crippen LogP contribution in [0.2, 0.25) is 0 Å². The molecule has 1 saturated heterocycles. The van der Waals surface area contributed by atoms with Crippen molar-refractivity contribution >= 4 is 0 Å². The van der Waals surface area contributed by atoms with Crippen LogP contribution in [-0.2, 0) is 4.74 Å². The van der Waals surface area contributed by atoms with Gasteiger partial charge in [-0.1, -0.05) is 0 Å². The number of hydrogen-bond donors (Lipinski definition) is 0. The Labute approximate surface area is 82.9 Å². The van der Waals surface area contributed by atoms with Crippen molar-refractivity contribution in [3.8, 4) is 11.8 Å². The van der Waals surface area contributed by atoms with Crippen molar-refractivity contribution in [2.75, 3.05) is 13.2 Å². The van der Waals surface area contributed by atoms with Gasteiger partial charge in [-0.2, -0.15) is 5.26 Å². The fourth-order valence-corrected chi connectivity index (χ4v) is 1.33. The highest BCUT2D eigenvalue weighted by atomic mass is 16.6. The molecule has 0 aliphatic carbocycles. The molecule has 1 aliphatic heterocycles. The molecule has 0 saturated carbocycles. The second kappa shape index (κ2) is 3.32. The van der Waals surface area contributed by atoms with Gasteiger partial charge < -0.3 is 9.47 Å². The highest BCUT2D eigenvalue weighted by Crippen LogP contribution is 2.24. The Morgan fingerprint density at radius 3 is 2.43 bits per heavy atom. The Hall–Kier alpha value is -1.53. The van der Waals surface area contributed by atoms with Gasteiger partial charge in [-0.25, -0.2) is 0 Å². The minimum absolute atomic E-state index is 0.186. The van der Waals surface area contributed by atoms with Gasteiger partial charge in [-0.15, -0.1) is 0 Å². The maximum Gasteiger partial charge on any atom is 0.152 e. The average molecular weight is 189 g/mol. The summed E-state index contributed by atoms with van der Waals surface area (Å²) in [6.45, 7) is 3.27. The maximum absolute atomic E-state index is 8.61. The average Bonchev–Trinajstić information content (AvgIpc) is 2.17. The molecule has 3 heteroatoms. The minimum Gasteiger partial charge on any atom is -0.483 e. The highest BCUT2D eigenvalue weighted by Gasteiger charge is 2.35. The van der Waals surface area contributed by atoms with E-state index >= 15 is 0 Å². The lowest BCUT2D eigenvalue weighted by molar-refractivity contribution is -0.149. The van der Waals surface area contributed by atoms with Gasteiger partial charge in [0.2, 0.25) is 0 Å². The zero-order chi connectivity index (χ0) is 10.0. The highest BCUT2D eigenvalue weighted by molar-refractivity contribution is 5.34. The van der Waals surface area contributed by atoms with Crippen molar-refractivity contribution in [2.45, 2.75) is 12.5 Å². The van der Waals surface area contributed by atoms with Crippen molar-refractivity contribution in [1.82, 2.24) is 0 Å². The number of ether oxygens (including phenoxy) is 2. The Kier molecular flexibility index (Phi) is 2.14. The predicted octanol–water partition coefficient (Wildman–Crippen LogP) is 1.73. The topological polar surface area (TPSA) is 42.2 Å². The third kappa shape index (κ3) is 1.70. The molecule has 0 atom stereocenters. The SMILES string of the molecule is CC1(Oc2ccc(C#N)cc2)COC1. The number of nitriles is 1. The first kappa shape index (κ1) is 9.04. The van der Waals surface area contributed by atoms with Gasteiger partial charge in [0.05, 0.1) is 24.8 Å². The van der Waals surface area contributed by atoms with E-state index in [2.05, 4.69) is 6.07 Å². The van der Waals surface area contributed by atoms with Crippen LogP contribution < -0.4 is 4.74 Å². The summed E-state index contributed by atoms with van der Waals surface area (Å²) in [5, 5.41) is 8.61. The molecule has 0 unspecified atom stereocenters. The summed E-state index contributed by atoms with van der Waals surface area (Å²) >= 11 is 0. The molecule has 0 spiro atoms. The molecular weight excluding hydrogens is 178 g/mol. The zero-order valence-electron chi connectivity index (χ0n) is 7.99. The molecule has 1 heterocycles. The van der Waals surface area contributed by atoms with Gasteiger partial charge in [0.1, 0.15) is 5.75 Å². The molecule has 3 nitrogen and oxygen atoms in total. The van der Waals surface area contributed by atoms with E-state index in [1.807, 2.05) is 19.1 Å². The van der Waals surface area contributed by atoms with E-state index < -0.39 is 0 Å². The fourth-order valence-electron chi connectivity index (χ4n) is 1.33. The molecule has 2 rings (SSSR count). The minimum atomic E-state index is -0.186. The van der Waals surface area contributed by atoms with E-state index in [0.717, 1.165) is 5.75 Å². The Morgan fingerprint density at radius 2 is 2.00 bits per heavy atom. The van der Waals surface area contributed by atoms with Gasteiger partial charge in [-0.3, -0.25) is 0 Å². The van der Waals surface area contributed by atoms with Crippen LogP contribution in [0.4, 0.5) is 0 Å². The number of hydrogen-bond acceptors (Lipinski definition) is 3. The van der Waals surface area contributed by atoms with Crippen molar-refractivity contribution < 1.29 is 9.47 Å².